The molecular weight excluding hydrogens is 232 g/mol. The van der Waals surface area contributed by atoms with Crippen LogP contribution in [0, 0.1) is 6.92 Å². The molecule has 0 saturated heterocycles. The highest BCUT2D eigenvalue weighted by molar-refractivity contribution is 5.89. The molecule has 0 aromatic carbocycles. The molecule has 0 saturated carbocycles. The van der Waals surface area contributed by atoms with Crippen LogP contribution in [0.2, 0.25) is 0 Å². The lowest BCUT2D eigenvalue weighted by molar-refractivity contribution is -0.116. The molecule has 1 heterocycles. The summed E-state index contributed by atoms with van der Waals surface area (Å²) in [6, 6.07) is 3.14. The molecule has 1 aromatic rings. The van der Waals surface area contributed by atoms with Gasteiger partial charge in [0, 0.05) is 19.2 Å². The van der Waals surface area contributed by atoms with Gasteiger partial charge in [-0.2, -0.15) is 0 Å². The number of nitrogens with zero attached hydrogens (tertiary/aromatic N) is 1. The van der Waals surface area contributed by atoms with Crippen LogP contribution in [0.1, 0.15) is 24.8 Å². The number of pyridine rings is 1. The molecule has 6 heteroatoms. The zero-order valence-corrected chi connectivity index (χ0v) is 10.4. The summed E-state index contributed by atoms with van der Waals surface area (Å²) < 4.78 is 0. The van der Waals surface area contributed by atoms with Gasteiger partial charge in [-0.05, 0) is 37.5 Å². The summed E-state index contributed by atoms with van der Waals surface area (Å²) in [5.41, 5.74) is 5.96. The molecule has 4 N–H and O–H groups in total. The predicted octanol–water partition coefficient (Wildman–Crippen LogP) is 1.17. The van der Waals surface area contributed by atoms with Crippen LogP contribution >= 0.6 is 0 Å². The van der Waals surface area contributed by atoms with Crippen molar-refractivity contribution in [3.63, 3.8) is 0 Å². The van der Waals surface area contributed by atoms with Crippen LogP contribution in [0.15, 0.2) is 18.3 Å². The van der Waals surface area contributed by atoms with Crippen LogP contribution in [-0.4, -0.2) is 23.5 Å². The zero-order chi connectivity index (χ0) is 13.4. The van der Waals surface area contributed by atoms with E-state index in [1.807, 2.05) is 19.1 Å². The van der Waals surface area contributed by atoms with Crippen molar-refractivity contribution < 1.29 is 9.59 Å². The van der Waals surface area contributed by atoms with E-state index in [9.17, 15) is 9.59 Å². The maximum atomic E-state index is 11.6. The number of primary amides is 1. The summed E-state index contributed by atoms with van der Waals surface area (Å²) in [4.78, 5) is 26.0. The van der Waals surface area contributed by atoms with Crippen LogP contribution in [0.3, 0.4) is 0 Å². The van der Waals surface area contributed by atoms with Crippen molar-refractivity contribution in [3.05, 3.63) is 23.9 Å². The Kier molecular flexibility index (Phi) is 5.63. The number of aryl methyl sites for hydroxylation is 1. The molecule has 0 atom stereocenters. The van der Waals surface area contributed by atoms with Gasteiger partial charge in [-0.1, -0.05) is 0 Å². The number of hydrogen-bond acceptors (Lipinski definition) is 3. The molecule has 98 valence electrons. The lowest BCUT2D eigenvalue weighted by atomic mass is 10.2. The first-order valence-electron chi connectivity index (χ1n) is 5.84. The molecule has 0 aliphatic rings. The third-order valence-corrected chi connectivity index (χ3v) is 2.31. The van der Waals surface area contributed by atoms with Gasteiger partial charge in [0.05, 0.1) is 0 Å². The monoisotopic (exact) mass is 250 g/mol. The molecule has 0 bridgehead atoms. The Hall–Kier alpha value is -2.11. The topological polar surface area (TPSA) is 97.1 Å². The van der Waals surface area contributed by atoms with E-state index in [0.29, 0.717) is 25.2 Å². The highest BCUT2D eigenvalue weighted by Crippen LogP contribution is 2.06. The van der Waals surface area contributed by atoms with E-state index in [4.69, 9.17) is 5.73 Å². The summed E-state index contributed by atoms with van der Waals surface area (Å²) >= 11 is 0. The second kappa shape index (κ2) is 7.26. The summed E-state index contributed by atoms with van der Waals surface area (Å²) in [6.45, 7) is 2.43. The quantitative estimate of drug-likeness (QED) is 0.661. The first-order chi connectivity index (χ1) is 8.58. The molecule has 0 unspecified atom stereocenters. The normalized spacial score (nSPS) is 9.83. The van der Waals surface area contributed by atoms with Gasteiger partial charge in [-0.3, -0.25) is 4.79 Å². The summed E-state index contributed by atoms with van der Waals surface area (Å²) in [5, 5.41) is 5.19. The smallest absolute Gasteiger partial charge is 0.312 e. The number of urea groups is 1. The lowest BCUT2D eigenvalue weighted by Gasteiger charge is -2.05. The predicted molar refractivity (Wildman–Crippen MR) is 69.0 cm³/mol. The first kappa shape index (κ1) is 14.0. The van der Waals surface area contributed by atoms with Crippen molar-refractivity contribution in [2.75, 3.05) is 11.9 Å². The Morgan fingerprint density at radius 2 is 2.17 bits per heavy atom. The van der Waals surface area contributed by atoms with Crippen LogP contribution in [0.4, 0.5) is 10.6 Å². The van der Waals surface area contributed by atoms with E-state index in [2.05, 4.69) is 15.6 Å². The zero-order valence-electron chi connectivity index (χ0n) is 10.4. The molecule has 0 spiro atoms. The van der Waals surface area contributed by atoms with Crippen molar-refractivity contribution in [3.8, 4) is 0 Å². The van der Waals surface area contributed by atoms with Crippen molar-refractivity contribution >= 4 is 17.8 Å². The average molecular weight is 250 g/mol. The summed E-state index contributed by atoms with van der Waals surface area (Å²) in [7, 11) is 0. The van der Waals surface area contributed by atoms with Gasteiger partial charge in [0.15, 0.2) is 0 Å². The molecule has 1 aromatic heterocycles. The second-order valence-electron chi connectivity index (χ2n) is 4.01. The van der Waals surface area contributed by atoms with Crippen molar-refractivity contribution in [1.29, 1.82) is 0 Å². The number of amides is 3. The highest BCUT2D eigenvalue weighted by Gasteiger charge is 2.03. The first-order valence-corrected chi connectivity index (χ1v) is 5.84. The third-order valence-electron chi connectivity index (χ3n) is 2.31. The number of carbonyl (C=O) groups excluding carboxylic acids is 2. The van der Waals surface area contributed by atoms with Gasteiger partial charge in [-0.15, -0.1) is 0 Å². The third kappa shape index (κ3) is 5.83. The van der Waals surface area contributed by atoms with Gasteiger partial charge in [0.2, 0.25) is 5.91 Å². The molecule has 6 nitrogen and oxygen atoms in total. The number of nitrogens with two attached hydrogens (primary N) is 1. The molecule has 18 heavy (non-hydrogen) atoms. The lowest BCUT2D eigenvalue weighted by Crippen LogP contribution is -2.30. The molecule has 0 aliphatic carbocycles. The van der Waals surface area contributed by atoms with Gasteiger partial charge in [-0.25, -0.2) is 9.78 Å². The number of unbranched alkanes of at least 4 members (excludes halogenated alkanes) is 1. The Bertz CT molecular complexity index is 420. The molecule has 3 amide bonds. The Morgan fingerprint density at radius 3 is 2.83 bits per heavy atom. The maximum Gasteiger partial charge on any atom is 0.312 e. The van der Waals surface area contributed by atoms with E-state index in [1.54, 1.807) is 6.20 Å². The number of carbonyl (C=O) groups is 2. The van der Waals surface area contributed by atoms with Gasteiger partial charge >= 0.3 is 6.03 Å². The minimum absolute atomic E-state index is 0.0767. The average Bonchev–Trinajstić information content (AvgIpc) is 2.28. The van der Waals surface area contributed by atoms with Gasteiger partial charge in [0.1, 0.15) is 5.82 Å². The van der Waals surface area contributed by atoms with E-state index in [0.717, 1.165) is 12.0 Å². The van der Waals surface area contributed by atoms with Crippen molar-refractivity contribution in [1.82, 2.24) is 10.3 Å². The second-order valence-corrected chi connectivity index (χ2v) is 4.01. The standard InChI is InChI=1S/C12H18N4O2/c1-9-5-7-14-10(8-9)16-11(17)4-2-3-6-15-12(13)18/h5,7-8H,2-4,6H2,1H3,(H3,13,15,18)(H,14,16,17). The van der Waals surface area contributed by atoms with Crippen LogP contribution in [0.5, 0.6) is 0 Å². The Balaban J connectivity index is 2.20. The molecule has 0 fully saturated rings. The fourth-order valence-electron chi connectivity index (χ4n) is 1.43. The summed E-state index contributed by atoms with van der Waals surface area (Å²) in [6.07, 6.45) is 3.47. The van der Waals surface area contributed by atoms with Gasteiger partial charge < -0.3 is 16.4 Å². The van der Waals surface area contributed by atoms with E-state index in [1.165, 1.54) is 0 Å². The van der Waals surface area contributed by atoms with E-state index in [-0.39, 0.29) is 5.91 Å². The van der Waals surface area contributed by atoms with Crippen LogP contribution < -0.4 is 16.4 Å². The molecule has 0 radical (unpaired) electrons. The summed E-state index contributed by atoms with van der Waals surface area (Å²) in [5.74, 6) is 0.488. The molecule has 0 aliphatic heterocycles. The van der Waals surface area contributed by atoms with Crippen LogP contribution in [0.25, 0.3) is 0 Å². The minimum Gasteiger partial charge on any atom is -0.352 e. The fourth-order valence-corrected chi connectivity index (χ4v) is 1.43. The molecular formula is C12H18N4O2. The number of hydrogen-bond donors (Lipinski definition) is 3. The minimum atomic E-state index is -0.539. The fraction of sp³-hybridized carbons (Fsp3) is 0.417. The maximum absolute atomic E-state index is 11.6. The number of anilines is 1. The number of nitrogens with one attached hydrogen (secondary N) is 2. The van der Waals surface area contributed by atoms with Gasteiger partial charge in [0.25, 0.3) is 0 Å². The molecule has 1 rings (SSSR count). The SMILES string of the molecule is Cc1ccnc(NC(=O)CCCCNC(N)=O)c1. The Morgan fingerprint density at radius 1 is 1.39 bits per heavy atom. The largest absolute Gasteiger partial charge is 0.352 e. The Labute approximate surface area is 106 Å². The van der Waals surface area contributed by atoms with Crippen LogP contribution in [-0.2, 0) is 4.79 Å². The van der Waals surface area contributed by atoms with E-state index < -0.39 is 6.03 Å². The highest BCUT2D eigenvalue weighted by atomic mass is 16.2. The van der Waals surface area contributed by atoms with E-state index >= 15 is 0 Å². The number of rotatable bonds is 6. The van der Waals surface area contributed by atoms with Crippen molar-refractivity contribution in [2.24, 2.45) is 5.73 Å². The number of aromatic nitrogens is 1. The van der Waals surface area contributed by atoms with Crippen molar-refractivity contribution in [2.45, 2.75) is 26.2 Å².